The van der Waals surface area contributed by atoms with E-state index in [9.17, 15) is 0 Å². The molecule has 21 heavy (non-hydrogen) atoms. The summed E-state index contributed by atoms with van der Waals surface area (Å²) in [5.41, 5.74) is 2.20. The number of rotatable bonds is 7. The summed E-state index contributed by atoms with van der Waals surface area (Å²) >= 11 is 8.61. The van der Waals surface area contributed by atoms with Gasteiger partial charge in [0, 0.05) is 23.3 Å². The van der Waals surface area contributed by atoms with Gasteiger partial charge < -0.3 is 9.30 Å². The predicted molar refractivity (Wildman–Crippen MR) is 94.9 cm³/mol. The van der Waals surface area contributed by atoms with E-state index < -0.39 is 0 Å². The molecule has 0 bridgehead atoms. The van der Waals surface area contributed by atoms with Crippen molar-refractivity contribution >= 4 is 45.2 Å². The van der Waals surface area contributed by atoms with Crippen LogP contribution < -0.4 is 0 Å². The number of aryl methyl sites for hydroxylation is 1. The summed E-state index contributed by atoms with van der Waals surface area (Å²) in [6.45, 7) is 4.64. The van der Waals surface area contributed by atoms with E-state index in [2.05, 4.69) is 45.4 Å². The molecule has 0 radical (unpaired) electrons. The highest BCUT2D eigenvalue weighted by Crippen LogP contribution is 2.29. The van der Waals surface area contributed by atoms with Crippen LogP contribution in [0.2, 0.25) is 0 Å². The zero-order valence-corrected chi connectivity index (χ0v) is 15.1. The summed E-state index contributed by atoms with van der Waals surface area (Å²) in [6.07, 6.45) is 3.69. The Morgan fingerprint density at radius 1 is 1.48 bits per heavy atom. The lowest BCUT2D eigenvalue weighted by atomic mass is 10.3. The third-order valence-electron chi connectivity index (χ3n) is 3.82. The zero-order valence-electron chi connectivity index (χ0n) is 12.2. The van der Waals surface area contributed by atoms with Crippen LogP contribution in [-0.4, -0.2) is 22.8 Å². The van der Waals surface area contributed by atoms with Gasteiger partial charge >= 0.3 is 0 Å². The van der Waals surface area contributed by atoms with Gasteiger partial charge in [-0.25, -0.2) is 4.98 Å². The maximum Gasteiger partial charge on any atom is 0.127 e. The van der Waals surface area contributed by atoms with Crippen LogP contribution in [0.25, 0.3) is 11.0 Å². The minimum absolute atomic E-state index is 0.0811. The van der Waals surface area contributed by atoms with Gasteiger partial charge in [-0.1, -0.05) is 0 Å². The van der Waals surface area contributed by atoms with Crippen molar-refractivity contribution in [2.75, 3.05) is 13.2 Å². The molecule has 5 heteroatoms. The maximum absolute atomic E-state index is 6.29. The van der Waals surface area contributed by atoms with E-state index in [1.54, 1.807) is 0 Å². The molecule has 1 fully saturated rings. The van der Waals surface area contributed by atoms with Crippen LogP contribution in [0.15, 0.2) is 18.2 Å². The minimum Gasteiger partial charge on any atom is -0.381 e. The Morgan fingerprint density at radius 3 is 3.00 bits per heavy atom. The van der Waals surface area contributed by atoms with E-state index in [-0.39, 0.29) is 5.38 Å². The van der Waals surface area contributed by atoms with E-state index in [1.165, 1.54) is 21.9 Å². The standard InChI is InChI=1S/C16H20ClIN2O/c1-11(17)16-19-14-9-13(18)5-6-15(14)20(16)7-2-8-21-10-12-3-4-12/h5-6,9,11-12H,2-4,7-8,10H2,1H3. The van der Waals surface area contributed by atoms with Crippen molar-refractivity contribution < 1.29 is 4.74 Å². The van der Waals surface area contributed by atoms with Gasteiger partial charge in [-0.15, -0.1) is 11.6 Å². The van der Waals surface area contributed by atoms with Gasteiger partial charge in [-0.05, 0) is 72.9 Å². The van der Waals surface area contributed by atoms with E-state index in [4.69, 9.17) is 21.3 Å². The first kappa shape index (κ1) is 15.6. The van der Waals surface area contributed by atoms with Gasteiger partial charge in [-0.2, -0.15) is 0 Å². The number of halogens is 2. The second-order valence-corrected chi connectivity index (χ2v) is 7.64. The fourth-order valence-corrected chi connectivity index (χ4v) is 3.16. The average molecular weight is 419 g/mol. The first-order chi connectivity index (χ1) is 10.1. The molecule has 0 saturated heterocycles. The summed E-state index contributed by atoms with van der Waals surface area (Å²) in [5.74, 6) is 1.79. The Bertz CT molecular complexity index is 622. The van der Waals surface area contributed by atoms with Gasteiger partial charge in [0.05, 0.1) is 16.4 Å². The number of hydrogen-bond donors (Lipinski definition) is 0. The summed E-state index contributed by atoms with van der Waals surface area (Å²) < 4.78 is 9.16. The monoisotopic (exact) mass is 418 g/mol. The van der Waals surface area contributed by atoms with Gasteiger partial charge in [-0.3, -0.25) is 0 Å². The zero-order chi connectivity index (χ0) is 14.8. The Balaban J connectivity index is 1.70. The molecule has 3 nitrogen and oxygen atoms in total. The van der Waals surface area contributed by atoms with Crippen molar-refractivity contribution in [3.8, 4) is 0 Å². The highest BCUT2D eigenvalue weighted by Gasteiger charge is 2.21. The number of imidazole rings is 1. The molecule has 1 aliphatic rings. The lowest BCUT2D eigenvalue weighted by molar-refractivity contribution is 0.119. The molecule has 0 aliphatic heterocycles. The van der Waals surface area contributed by atoms with E-state index in [0.717, 1.165) is 43.4 Å². The van der Waals surface area contributed by atoms with Crippen LogP contribution in [0, 0.1) is 9.49 Å². The Labute approximate surface area is 144 Å². The molecule has 1 atom stereocenters. The topological polar surface area (TPSA) is 27.1 Å². The first-order valence-electron chi connectivity index (χ1n) is 7.52. The van der Waals surface area contributed by atoms with Crippen LogP contribution >= 0.6 is 34.2 Å². The normalized spacial score (nSPS) is 16.5. The quantitative estimate of drug-likeness (QED) is 0.368. The Morgan fingerprint density at radius 2 is 2.29 bits per heavy atom. The number of aromatic nitrogens is 2. The molecule has 1 aromatic heterocycles. The highest BCUT2D eigenvalue weighted by molar-refractivity contribution is 14.1. The van der Waals surface area contributed by atoms with Crippen molar-refractivity contribution in [3.05, 3.63) is 27.6 Å². The molecule has 2 aromatic rings. The molecule has 3 rings (SSSR count). The lowest BCUT2D eigenvalue weighted by Crippen LogP contribution is -2.08. The second-order valence-electron chi connectivity index (χ2n) is 5.74. The van der Waals surface area contributed by atoms with Crippen LogP contribution in [0.4, 0.5) is 0 Å². The third kappa shape index (κ3) is 3.90. The lowest BCUT2D eigenvalue weighted by Gasteiger charge is -2.10. The molecular weight excluding hydrogens is 399 g/mol. The maximum atomic E-state index is 6.29. The summed E-state index contributed by atoms with van der Waals surface area (Å²) in [4.78, 5) is 4.70. The van der Waals surface area contributed by atoms with E-state index in [0.29, 0.717) is 0 Å². The fraction of sp³-hybridized carbons (Fsp3) is 0.562. The molecular formula is C16H20ClIN2O. The number of alkyl halides is 1. The van der Waals surface area contributed by atoms with Gasteiger partial charge in [0.1, 0.15) is 5.82 Å². The molecule has 1 heterocycles. The van der Waals surface area contributed by atoms with Crippen molar-refractivity contribution in [1.29, 1.82) is 0 Å². The van der Waals surface area contributed by atoms with Crippen LogP contribution in [0.1, 0.15) is 37.4 Å². The van der Waals surface area contributed by atoms with Crippen molar-refractivity contribution in [1.82, 2.24) is 9.55 Å². The molecule has 114 valence electrons. The van der Waals surface area contributed by atoms with Crippen LogP contribution in [0.3, 0.4) is 0 Å². The largest absolute Gasteiger partial charge is 0.381 e. The molecule has 1 aromatic carbocycles. The van der Waals surface area contributed by atoms with Gasteiger partial charge in [0.15, 0.2) is 0 Å². The highest BCUT2D eigenvalue weighted by atomic mass is 127. The summed E-state index contributed by atoms with van der Waals surface area (Å²) in [6, 6.07) is 6.37. The number of benzene rings is 1. The van der Waals surface area contributed by atoms with Crippen LogP contribution in [-0.2, 0) is 11.3 Å². The third-order valence-corrected chi connectivity index (χ3v) is 4.68. The summed E-state index contributed by atoms with van der Waals surface area (Å²) in [7, 11) is 0. The van der Waals surface area contributed by atoms with E-state index in [1.807, 2.05) is 6.92 Å². The fourth-order valence-electron chi connectivity index (χ4n) is 2.52. The van der Waals surface area contributed by atoms with Gasteiger partial charge in [0.25, 0.3) is 0 Å². The molecule has 0 amide bonds. The predicted octanol–water partition coefficient (Wildman–Crippen LogP) is 4.76. The van der Waals surface area contributed by atoms with Gasteiger partial charge in [0.2, 0.25) is 0 Å². The number of fused-ring (bicyclic) bond motifs is 1. The molecule has 1 saturated carbocycles. The molecule has 1 aliphatic carbocycles. The number of ether oxygens (including phenoxy) is 1. The van der Waals surface area contributed by atoms with Crippen molar-refractivity contribution in [2.24, 2.45) is 5.92 Å². The number of hydrogen-bond acceptors (Lipinski definition) is 2. The molecule has 0 N–H and O–H groups in total. The smallest absolute Gasteiger partial charge is 0.127 e. The first-order valence-corrected chi connectivity index (χ1v) is 9.04. The summed E-state index contributed by atoms with van der Waals surface area (Å²) in [5, 5.41) is -0.0811. The minimum atomic E-state index is -0.0811. The molecule has 0 spiro atoms. The second kappa shape index (κ2) is 6.84. The van der Waals surface area contributed by atoms with Crippen LogP contribution in [0.5, 0.6) is 0 Å². The van der Waals surface area contributed by atoms with Crippen molar-refractivity contribution in [3.63, 3.8) is 0 Å². The van der Waals surface area contributed by atoms with Crippen molar-refractivity contribution in [2.45, 2.75) is 38.1 Å². The number of nitrogens with zero attached hydrogens (tertiary/aromatic N) is 2. The Hall–Kier alpha value is -0.330. The SMILES string of the molecule is CC(Cl)c1nc2cc(I)ccc2n1CCCOCC1CC1. The van der Waals surface area contributed by atoms with E-state index >= 15 is 0 Å². The molecule has 1 unspecified atom stereocenters. The average Bonchev–Trinajstić information content (AvgIpc) is 3.19. The Kier molecular flexibility index (Phi) is 5.07.